The number of fused-ring (bicyclic) bond motifs is 1. The zero-order valence-electron chi connectivity index (χ0n) is 13.5. The van der Waals surface area contributed by atoms with Crippen molar-refractivity contribution in [1.29, 1.82) is 0 Å². The lowest BCUT2D eigenvalue weighted by Gasteiger charge is -2.21. The molecule has 1 aromatic carbocycles. The fourth-order valence-corrected chi connectivity index (χ4v) is 3.66. The number of hydrogen-bond donors (Lipinski definition) is 0. The second kappa shape index (κ2) is 6.80. The van der Waals surface area contributed by atoms with Crippen LogP contribution in [0, 0.1) is 5.92 Å². The molecule has 0 bridgehead atoms. The molecule has 1 fully saturated rings. The van der Waals surface area contributed by atoms with Crippen LogP contribution in [0.4, 0.5) is 0 Å². The largest absolute Gasteiger partial charge is 0.462 e. The molecule has 2 heterocycles. The monoisotopic (exact) mass is 356 g/mol. The van der Waals surface area contributed by atoms with Crippen LogP contribution in [0.25, 0.3) is 11.2 Å². The molecule has 1 saturated carbocycles. The van der Waals surface area contributed by atoms with Crippen LogP contribution in [0.15, 0.2) is 43.0 Å². The highest BCUT2D eigenvalue weighted by Crippen LogP contribution is 2.37. The summed E-state index contributed by atoms with van der Waals surface area (Å²) in [6, 6.07) is 9.25. The molecule has 3 aromatic rings. The molecular weight excluding hydrogens is 340 g/mol. The van der Waals surface area contributed by atoms with Gasteiger partial charge >= 0.3 is 5.97 Å². The minimum atomic E-state index is -0.285. The molecular formula is C18H17ClN4O2. The van der Waals surface area contributed by atoms with E-state index in [0.29, 0.717) is 22.8 Å². The molecule has 2 atom stereocenters. The number of imidazole rings is 1. The predicted molar refractivity (Wildman–Crippen MR) is 93.4 cm³/mol. The summed E-state index contributed by atoms with van der Waals surface area (Å²) in [5.41, 5.74) is 1.91. The highest BCUT2D eigenvalue weighted by Gasteiger charge is 2.31. The van der Waals surface area contributed by atoms with E-state index in [2.05, 4.69) is 15.0 Å². The van der Waals surface area contributed by atoms with Gasteiger partial charge in [-0.2, -0.15) is 0 Å². The third-order valence-corrected chi connectivity index (χ3v) is 5.00. The maximum absolute atomic E-state index is 12.2. The molecule has 1 aliphatic rings. The van der Waals surface area contributed by atoms with Crippen molar-refractivity contribution < 1.29 is 9.53 Å². The maximum Gasteiger partial charge on any atom is 0.338 e. The number of aromatic nitrogens is 4. The first-order valence-electron chi connectivity index (χ1n) is 8.29. The Labute approximate surface area is 149 Å². The van der Waals surface area contributed by atoms with Gasteiger partial charge in [0.15, 0.2) is 10.8 Å². The van der Waals surface area contributed by atoms with Gasteiger partial charge in [-0.25, -0.2) is 19.7 Å². The third kappa shape index (κ3) is 3.09. The average molecular weight is 357 g/mol. The number of hydrogen-bond acceptors (Lipinski definition) is 5. The van der Waals surface area contributed by atoms with Gasteiger partial charge in [-0.3, -0.25) is 0 Å². The molecule has 2 aromatic heterocycles. The molecule has 0 spiro atoms. The first kappa shape index (κ1) is 16.0. The molecule has 0 saturated heterocycles. The van der Waals surface area contributed by atoms with E-state index in [1.165, 1.54) is 6.33 Å². The Kier molecular flexibility index (Phi) is 4.36. The molecule has 0 unspecified atom stereocenters. The molecule has 4 rings (SSSR count). The number of nitrogens with zero attached hydrogens (tertiary/aromatic N) is 4. The Bertz CT molecular complexity index is 896. The molecule has 6 nitrogen and oxygen atoms in total. The van der Waals surface area contributed by atoms with Crippen LogP contribution in [-0.2, 0) is 4.74 Å². The number of esters is 1. The van der Waals surface area contributed by atoms with E-state index < -0.39 is 0 Å². The fraction of sp³-hybridized carbons (Fsp3) is 0.333. The van der Waals surface area contributed by atoms with E-state index in [4.69, 9.17) is 16.3 Å². The third-order valence-electron chi connectivity index (χ3n) is 4.73. The molecule has 7 heteroatoms. The van der Waals surface area contributed by atoms with E-state index in [1.54, 1.807) is 18.5 Å². The SMILES string of the molecule is O=C(OC[C@H]1CCC[C@H]1n1cnc2c(Cl)ncnc21)c1ccccc1. The van der Waals surface area contributed by atoms with Crippen molar-refractivity contribution in [3.05, 3.63) is 53.7 Å². The van der Waals surface area contributed by atoms with E-state index in [1.807, 2.05) is 22.8 Å². The first-order valence-corrected chi connectivity index (χ1v) is 8.67. The minimum absolute atomic E-state index is 0.194. The smallest absolute Gasteiger partial charge is 0.338 e. The van der Waals surface area contributed by atoms with Crippen molar-refractivity contribution in [2.24, 2.45) is 5.92 Å². The van der Waals surface area contributed by atoms with Gasteiger partial charge in [0.1, 0.15) is 11.8 Å². The van der Waals surface area contributed by atoms with Crippen molar-refractivity contribution in [1.82, 2.24) is 19.5 Å². The Morgan fingerprint density at radius 1 is 1.20 bits per heavy atom. The van der Waals surface area contributed by atoms with E-state index >= 15 is 0 Å². The highest BCUT2D eigenvalue weighted by atomic mass is 35.5. The van der Waals surface area contributed by atoms with Crippen molar-refractivity contribution in [2.45, 2.75) is 25.3 Å². The number of carbonyl (C=O) groups is 1. The average Bonchev–Trinajstić information content (AvgIpc) is 3.27. The Balaban J connectivity index is 1.50. The van der Waals surface area contributed by atoms with Crippen LogP contribution in [0.3, 0.4) is 0 Å². The normalized spacial score (nSPS) is 20.0. The predicted octanol–water partition coefficient (Wildman–Crippen LogP) is 3.68. The summed E-state index contributed by atoms with van der Waals surface area (Å²) >= 11 is 6.09. The standard InChI is InChI=1S/C18H17ClN4O2/c19-16-15-17(21-10-20-16)23(11-22-15)14-8-4-7-13(14)9-25-18(24)12-5-2-1-3-6-12/h1-3,5-6,10-11,13-14H,4,7-9H2/t13-,14-/m1/s1. The van der Waals surface area contributed by atoms with E-state index in [9.17, 15) is 4.79 Å². The van der Waals surface area contributed by atoms with Gasteiger partial charge in [-0.1, -0.05) is 36.2 Å². The number of ether oxygens (including phenoxy) is 1. The Morgan fingerprint density at radius 2 is 2.04 bits per heavy atom. The van der Waals surface area contributed by atoms with Gasteiger partial charge in [0.25, 0.3) is 0 Å². The van der Waals surface area contributed by atoms with E-state index in [-0.39, 0.29) is 17.9 Å². The summed E-state index contributed by atoms with van der Waals surface area (Å²) in [6.07, 6.45) is 6.29. The lowest BCUT2D eigenvalue weighted by Crippen LogP contribution is -2.20. The van der Waals surface area contributed by atoms with Crippen LogP contribution >= 0.6 is 11.6 Å². The van der Waals surface area contributed by atoms with Gasteiger partial charge < -0.3 is 9.30 Å². The summed E-state index contributed by atoms with van der Waals surface area (Å²) in [5.74, 6) is -0.0501. The fourth-order valence-electron chi connectivity index (χ4n) is 3.48. The number of carbonyl (C=O) groups excluding carboxylic acids is 1. The topological polar surface area (TPSA) is 69.9 Å². The van der Waals surface area contributed by atoms with Gasteiger partial charge in [0, 0.05) is 12.0 Å². The molecule has 1 aliphatic carbocycles. The number of halogens is 1. The first-order chi connectivity index (χ1) is 12.2. The van der Waals surface area contributed by atoms with E-state index in [0.717, 1.165) is 24.9 Å². The minimum Gasteiger partial charge on any atom is -0.462 e. The van der Waals surface area contributed by atoms with Gasteiger partial charge in [0.05, 0.1) is 18.5 Å². The molecule has 0 aliphatic heterocycles. The van der Waals surface area contributed by atoms with Gasteiger partial charge in [0.2, 0.25) is 0 Å². The second-order valence-corrected chi connectivity index (χ2v) is 6.57. The molecule has 0 N–H and O–H groups in total. The molecule has 0 radical (unpaired) electrons. The van der Waals surface area contributed by atoms with Crippen LogP contribution in [0.1, 0.15) is 35.7 Å². The lowest BCUT2D eigenvalue weighted by atomic mass is 10.0. The summed E-state index contributed by atoms with van der Waals surface area (Å²) in [4.78, 5) is 24.8. The van der Waals surface area contributed by atoms with Crippen molar-refractivity contribution >= 4 is 28.7 Å². The summed E-state index contributed by atoms with van der Waals surface area (Å²) in [6.45, 7) is 0.386. The molecule has 0 amide bonds. The van der Waals surface area contributed by atoms with Crippen molar-refractivity contribution in [2.75, 3.05) is 6.61 Å². The van der Waals surface area contributed by atoms with Crippen LogP contribution in [-0.4, -0.2) is 32.1 Å². The van der Waals surface area contributed by atoms with Crippen molar-refractivity contribution in [3.63, 3.8) is 0 Å². The quantitative estimate of drug-likeness (QED) is 0.527. The van der Waals surface area contributed by atoms with Crippen LogP contribution < -0.4 is 0 Å². The maximum atomic E-state index is 12.2. The zero-order valence-corrected chi connectivity index (χ0v) is 14.3. The Morgan fingerprint density at radius 3 is 2.88 bits per heavy atom. The molecule has 128 valence electrons. The highest BCUT2D eigenvalue weighted by molar-refractivity contribution is 6.33. The lowest BCUT2D eigenvalue weighted by molar-refractivity contribution is 0.0415. The molecule has 25 heavy (non-hydrogen) atoms. The van der Waals surface area contributed by atoms with Crippen LogP contribution in [0.2, 0.25) is 5.15 Å². The Hall–Kier alpha value is -2.47. The van der Waals surface area contributed by atoms with Crippen LogP contribution in [0.5, 0.6) is 0 Å². The summed E-state index contributed by atoms with van der Waals surface area (Å²) in [7, 11) is 0. The number of benzene rings is 1. The van der Waals surface area contributed by atoms with Crippen molar-refractivity contribution in [3.8, 4) is 0 Å². The van der Waals surface area contributed by atoms with Gasteiger partial charge in [-0.15, -0.1) is 0 Å². The summed E-state index contributed by atoms with van der Waals surface area (Å²) in [5, 5.41) is 0.355. The summed E-state index contributed by atoms with van der Waals surface area (Å²) < 4.78 is 7.58. The zero-order chi connectivity index (χ0) is 17.2. The van der Waals surface area contributed by atoms with Gasteiger partial charge in [-0.05, 0) is 25.0 Å². The second-order valence-electron chi connectivity index (χ2n) is 6.21. The number of rotatable bonds is 4.